The fourth-order valence-electron chi connectivity index (χ4n) is 2.22. The van der Waals surface area contributed by atoms with Gasteiger partial charge in [-0.1, -0.05) is 25.1 Å². The van der Waals surface area contributed by atoms with E-state index in [4.69, 9.17) is 4.74 Å². The third kappa shape index (κ3) is 5.19. The lowest BCUT2D eigenvalue weighted by Crippen LogP contribution is -2.28. The molecule has 2 rings (SSSR count). The second kappa shape index (κ2) is 9.18. The number of amidine groups is 1. The van der Waals surface area contributed by atoms with Crippen LogP contribution in [0.15, 0.2) is 23.2 Å². The van der Waals surface area contributed by atoms with E-state index < -0.39 is 16.1 Å². The molecule has 1 atom stereocenters. The maximum absolute atomic E-state index is 12.2. The topological polar surface area (TPSA) is 123 Å². The van der Waals surface area contributed by atoms with Crippen LogP contribution in [0.2, 0.25) is 0 Å². The summed E-state index contributed by atoms with van der Waals surface area (Å²) in [6, 6.07) is 4.14. The number of nitro benzene ring substituents is 1. The van der Waals surface area contributed by atoms with Gasteiger partial charge in [0.25, 0.3) is 5.69 Å². The van der Waals surface area contributed by atoms with Crippen molar-refractivity contribution in [1.29, 1.82) is 0 Å². The molecule has 0 radical (unpaired) electrons. The smallest absolute Gasteiger partial charge is 0.296 e. The number of benzene rings is 1. The molecule has 0 saturated carbocycles. The molecule has 10 heteroatoms. The van der Waals surface area contributed by atoms with Crippen LogP contribution >= 0.6 is 11.8 Å². The van der Waals surface area contributed by atoms with Gasteiger partial charge < -0.3 is 15.4 Å². The van der Waals surface area contributed by atoms with Gasteiger partial charge in [0.15, 0.2) is 5.17 Å². The second-order valence-electron chi connectivity index (χ2n) is 5.53. The van der Waals surface area contributed by atoms with Crippen molar-refractivity contribution in [2.24, 2.45) is 4.99 Å². The summed E-state index contributed by atoms with van der Waals surface area (Å²) in [5, 5.41) is 16.2. The molecule has 2 amide bonds. The number of carbonyl (C=O) groups excluding carboxylic acids is 2. The molecule has 1 heterocycles. The van der Waals surface area contributed by atoms with E-state index >= 15 is 0 Å². The Balaban J connectivity index is 2.00. The van der Waals surface area contributed by atoms with Crippen molar-refractivity contribution in [1.82, 2.24) is 5.32 Å². The molecular formula is C16H20N4O5S. The SMILES string of the molecule is CCCCN=C1NC(=O)[C@@H](CC(=O)Nc2ccc(OC)cc2[N+](=O)[O-])S1. The molecule has 26 heavy (non-hydrogen) atoms. The van der Waals surface area contributed by atoms with Gasteiger partial charge in [0.05, 0.1) is 18.1 Å². The Kier molecular flexibility index (Phi) is 6.96. The molecule has 140 valence electrons. The Morgan fingerprint density at radius 3 is 2.92 bits per heavy atom. The predicted molar refractivity (Wildman–Crippen MR) is 99.6 cm³/mol. The number of aliphatic imine (C=N–C) groups is 1. The van der Waals surface area contributed by atoms with Crippen molar-refractivity contribution in [2.75, 3.05) is 19.0 Å². The largest absolute Gasteiger partial charge is 0.496 e. The first-order valence-corrected chi connectivity index (χ1v) is 8.96. The van der Waals surface area contributed by atoms with Crippen LogP contribution in [-0.2, 0) is 9.59 Å². The lowest BCUT2D eigenvalue weighted by Gasteiger charge is -2.09. The summed E-state index contributed by atoms with van der Waals surface area (Å²) in [5.74, 6) is -0.460. The molecule has 9 nitrogen and oxygen atoms in total. The third-order valence-electron chi connectivity index (χ3n) is 3.59. The molecule has 1 saturated heterocycles. The predicted octanol–water partition coefficient (Wildman–Crippen LogP) is 2.32. The molecule has 1 fully saturated rings. The average molecular weight is 380 g/mol. The molecule has 0 aromatic heterocycles. The average Bonchev–Trinajstić information content (AvgIpc) is 2.94. The maximum atomic E-state index is 12.2. The lowest BCUT2D eigenvalue weighted by atomic mass is 10.2. The monoisotopic (exact) mass is 380 g/mol. The van der Waals surface area contributed by atoms with Crippen LogP contribution in [0.25, 0.3) is 0 Å². The van der Waals surface area contributed by atoms with Crippen LogP contribution in [0.3, 0.4) is 0 Å². The molecule has 0 unspecified atom stereocenters. The van der Waals surface area contributed by atoms with Gasteiger partial charge in [0.1, 0.15) is 16.7 Å². The lowest BCUT2D eigenvalue weighted by molar-refractivity contribution is -0.384. The van der Waals surface area contributed by atoms with Gasteiger partial charge in [-0.15, -0.1) is 0 Å². The molecule has 0 spiro atoms. The van der Waals surface area contributed by atoms with E-state index in [-0.39, 0.29) is 23.7 Å². The van der Waals surface area contributed by atoms with E-state index in [1.165, 1.54) is 37.1 Å². The van der Waals surface area contributed by atoms with Crippen molar-refractivity contribution in [3.8, 4) is 5.75 Å². The molecule has 2 N–H and O–H groups in total. The molecule has 1 aliphatic rings. The van der Waals surface area contributed by atoms with Crippen LogP contribution in [-0.4, -0.2) is 40.8 Å². The maximum Gasteiger partial charge on any atom is 0.296 e. The number of unbranched alkanes of at least 4 members (excludes halogenated alkanes) is 1. The number of nitro groups is 1. The summed E-state index contributed by atoms with van der Waals surface area (Å²) >= 11 is 1.20. The Morgan fingerprint density at radius 1 is 1.50 bits per heavy atom. The summed E-state index contributed by atoms with van der Waals surface area (Å²) in [6.07, 6.45) is 1.82. The highest BCUT2D eigenvalue weighted by Gasteiger charge is 2.32. The van der Waals surface area contributed by atoms with Gasteiger partial charge >= 0.3 is 0 Å². The Bertz CT molecular complexity index is 737. The van der Waals surface area contributed by atoms with Crippen LogP contribution in [0, 0.1) is 10.1 Å². The standard InChI is InChI=1S/C16H20N4O5S/c1-3-4-7-17-16-19-15(22)13(26-16)9-14(21)18-11-6-5-10(25-2)8-12(11)20(23)24/h5-6,8,13H,3-4,7,9H2,1-2H3,(H,18,21)(H,17,19,22)/t13-/m1/s1. The highest BCUT2D eigenvalue weighted by molar-refractivity contribution is 8.15. The van der Waals surface area contributed by atoms with Crippen molar-refractivity contribution in [3.63, 3.8) is 0 Å². The van der Waals surface area contributed by atoms with E-state index in [2.05, 4.69) is 15.6 Å². The summed E-state index contributed by atoms with van der Waals surface area (Å²) < 4.78 is 4.95. The zero-order chi connectivity index (χ0) is 19.1. The first-order valence-electron chi connectivity index (χ1n) is 8.08. The van der Waals surface area contributed by atoms with Gasteiger partial charge in [0, 0.05) is 13.0 Å². The Hall–Kier alpha value is -2.62. The summed E-state index contributed by atoms with van der Waals surface area (Å²) in [6.45, 7) is 2.67. The number of rotatable bonds is 8. The minimum Gasteiger partial charge on any atom is -0.496 e. The van der Waals surface area contributed by atoms with E-state index in [0.717, 1.165) is 12.8 Å². The summed E-state index contributed by atoms with van der Waals surface area (Å²) in [7, 11) is 1.40. The molecule has 0 bridgehead atoms. The number of anilines is 1. The van der Waals surface area contributed by atoms with Crippen molar-refractivity contribution in [3.05, 3.63) is 28.3 Å². The molecular weight excluding hydrogens is 360 g/mol. The van der Waals surface area contributed by atoms with E-state index in [1.54, 1.807) is 0 Å². The number of carbonyl (C=O) groups is 2. The second-order valence-corrected chi connectivity index (χ2v) is 6.72. The van der Waals surface area contributed by atoms with Gasteiger partial charge in [0.2, 0.25) is 11.8 Å². The quantitative estimate of drug-likeness (QED) is 0.405. The third-order valence-corrected chi connectivity index (χ3v) is 4.71. The zero-order valence-corrected chi connectivity index (χ0v) is 15.3. The van der Waals surface area contributed by atoms with Gasteiger partial charge in [-0.3, -0.25) is 24.7 Å². The number of ether oxygens (including phenoxy) is 1. The number of amides is 2. The van der Waals surface area contributed by atoms with Crippen molar-refractivity contribution >= 4 is 40.1 Å². The number of nitrogens with one attached hydrogen (secondary N) is 2. The molecule has 0 aliphatic carbocycles. The summed E-state index contributed by atoms with van der Waals surface area (Å²) in [4.78, 5) is 39.0. The van der Waals surface area contributed by atoms with E-state index in [9.17, 15) is 19.7 Å². The minimum absolute atomic E-state index is 0.0565. The molecule has 1 aliphatic heterocycles. The highest BCUT2D eigenvalue weighted by Crippen LogP contribution is 2.30. The number of nitrogens with zero attached hydrogens (tertiary/aromatic N) is 2. The fourth-order valence-corrected chi connectivity index (χ4v) is 3.21. The van der Waals surface area contributed by atoms with Crippen LogP contribution in [0.4, 0.5) is 11.4 Å². The van der Waals surface area contributed by atoms with Gasteiger partial charge in [-0.2, -0.15) is 0 Å². The van der Waals surface area contributed by atoms with Crippen LogP contribution in [0.5, 0.6) is 5.75 Å². The summed E-state index contributed by atoms with van der Waals surface area (Å²) in [5.41, 5.74) is -0.218. The minimum atomic E-state index is -0.604. The number of hydrogen-bond acceptors (Lipinski definition) is 7. The first kappa shape index (κ1) is 19.7. The number of methoxy groups -OCH3 is 1. The number of hydrogen-bond donors (Lipinski definition) is 2. The van der Waals surface area contributed by atoms with E-state index in [1.807, 2.05) is 6.92 Å². The van der Waals surface area contributed by atoms with Gasteiger partial charge in [-0.25, -0.2) is 0 Å². The number of thioether (sulfide) groups is 1. The molecule has 1 aromatic rings. The zero-order valence-electron chi connectivity index (χ0n) is 14.5. The Labute approximate surface area is 154 Å². The first-order chi connectivity index (χ1) is 12.4. The van der Waals surface area contributed by atoms with Crippen molar-refractivity contribution in [2.45, 2.75) is 31.4 Å². The highest BCUT2D eigenvalue weighted by atomic mass is 32.2. The molecule has 1 aromatic carbocycles. The van der Waals surface area contributed by atoms with Gasteiger partial charge in [-0.05, 0) is 18.6 Å². The Morgan fingerprint density at radius 2 is 2.27 bits per heavy atom. The van der Waals surface area contributed by atoms with Crippen LogP contribution < -0.4 is 15.4 Å². The van der Waals surface area contributed by atoms with Crippen molar-refractivity contribution < 1.29 is 19.2 Å². The van der Waals surface area contributed by atoms with E-state index in [0.29, 0.717) is 17.5 Å². The fraction of sp³-hybridized carbons (Fsp3) is 0.438. The van der Waals surface area contributed by atoms with Crippen LogP contribution in [0.1, 0.15) is 26.2 Å². The normalized spacial score (nSPS) is 17.8.